The predicted octanol–water partition coefficient (Wildman–Crippen LogP) is 2.74. The fraction of sp³-hybridized carbons (Fsp3) is 0.316. The van der Waals surface area contributed by atoms with Crippen molar-refractivity contribution in [3.8, 4) is 11.5 Å². The van der Waals surface area contributed by atoms with Crippen molar-refractivity contribution in [2.45, 2.75) is 24.3 Å². The van der Waals surface area contributed by atoms with Crippen molar-refractivity contribution < 1.29 is 22.7 Å². The molecule has 0 saturated carbocycles. The summed E-state index contributed by atoms with van der Waals surface area (Å²) in [5.74, 6) is 0.978. The van der Waals surface area contributed by atoms with Crippen molar-refractivity contribution in [1.29, 1.82) is 0 Å². The predicted molar refractivity (Wildman–Crippen MR) is 97.5 cm³/mol. The van der Waals surface area contributed by atoms with Gasteiger partial charge in [0.25, 0.3) is 5.91 Å². The van der Waals surface area contributed by atoms with Gasteiger partial charge in [-0.25, -0.2) is 8.42 Å². The lowest BCUT2D eigenvalue weighted by Gasteiger charge is -2.20. The fourth-order valence-electron chi connectivity index (χ4n) is 2.79. The summed E-state index contributed by atoms with van der Waals surface area (Å²) in [6.45, 7) is 2.92. The molecule has 0 fully saturated rings. The van der Waals surface area contributed by atoms with E-state index in [1.54, 1.807) is 42.5 Å². The molecular formula is C19H21NO5S. The van der Waals surface area contributed by atoms with Crippen LogP contribution in [0.4, 0.5) is 0 Å². The van der Waals surface area contributed by atoms with Crippen LogP contribution in [-0.2, 0) is 9.84 Å². The van der Waals surface area contributed by atoms with Gasteiger partial charge < -0.3 is 14.8 Å². The van der Waals surface area contributed by atoms with Crippen LogP contribution in [0.5, 0.6) is 11.5 Å². The molecule has 2 aromatic carbocycles. The van der Waals surface area contributed by atoms with E-state index in [4.69, 9.17) is 9.47 Å². The molecule has 0 aliphatic carbocycles. The van der Waals surface area contributed by atoms with Crippen molar-refractivity contribution in [3.05, 3.63) is 53.6 Å². The highest BCUT2D eigenvalue weighted by atomic mass is 32.2. The van der Waals surface area contributed by atoms with Crippen LogP contribution in [0.25, 0.3) is 0 Å². The maximum absolute atomic E-state index is 12.6. The van der Waals surface area contributed by atoms with Crippen LogP contribution < -0.4 is 14.8 Å². The van der Waals surface area contributed by atoms with E-state index in [1.807, 2.05) is 6.92 Å². The Hall–Kier alpha value is -2.54. The van der Waals surface area contributed by atoms with E-state index in [2.05, 4.69) is 5.32 Å². The van der Waals surface area contributed by atoms with E-state index in [9.17, 15) is 13.2 Å². The Morgan fingerprint density at radius 2 is 1.73 bits per heavy atom. The second-order valence-electron chi connectivity index (χ2n) is 6.13. The van der Waals surface area contributed by atoms with E-state index in [0.717, 1.165) is 5.56 Å². The lowest BCUT2D eigenvalue weighted by atomic mass is 10.0. The van der Waals surface area contributed by atoms with Gasteiger partial charge in [0.2, 0.25) is 0 Å². The summed E-state index contributed by atoms with van der Waals surface area (Å²) in [6.07, 6.45) is 1.84. The number of nitrogens with one attached hydrogen (secondary N) is 1. The maximum atomic E-state index is 12.6. The van der Waals surface area contributed by atoms with Crippen molar-refractivity contribution in [3.63, 3.8) is 0 Å². The summed E-state index contributed by atoms with van der Waals surface area (Å²) >= 11 is 0. The van der Waals surface area contributed by atoms with Gasteiger partial charge in [-0.3, -0.25) is 4.79 Å². The number of ether oxygens (including phenoxy) is 2. The Balaban J connectivity index is 1.76. The lowest BCUT2D eigenvalue weighted by Crippen LogP contribution is -2.28. The van der Waals surface area contributed by atoms with Gasteiger partial charge in [-0.2, -0.15) is 0 Å². The highest BCUT2D eigenvalue weighted by Crippen LogP contribution is 2.31. The molecule has 1 aliphatic heterocycles. The second-order valence-corrected chi connectivity index (χ2v) is 8.15. The van der Waals surface area contributed by atoms with Gasteiger partial charge in [-0.15, -0.1) is 0 Å². The van der Waals surface area contributed by atoms with E-state index in [1.165, 1.54) is 6.26 Å². The zero-order valence-electron chi connectivity index (χ0n) is 14.7. The first-order valence-electron chi connectivity index (χ1n) is 8.39. The highest BCUT2D eigenvalue weighted by molar-refractivity contribution is 7.90. The first-order chi connectivity index (χ1) is 12.4. The molecule has 6 nitrogen and oxygen atoms in total. The molecule has 2 aromatic rings. The van der Waals surface area contributed by atoms with Crippen LogP contribution in [-0.4, -0.2) is 33.8 Å². The number of carbonyl (C=O) groups excluding carboxylic acids is 1. The molecule has 1 atom stereocenters. The third-order valence-corrected chi connectivity index (χ3v) is 5.36. The molecule has 0 aromatic heterocycles. The maximum Gasteiger partial charge on any atom is 0.251 e. The van der Waals surface area contributed by atoms with Gasteiger partial charge in [0.1, 0.15) is 13.2 Å². The number of rotatable bonds is 5. The summed E-state index contributed by atoms with van der Waals surface area (Å²) in [5.41, 5.74) is 1.34. The molecule has 0 bridgehead atoms. The molecule has 1 aliphatic rings. The van der Waals surface area contributed by atoms with E-state index >= 15 is 0 Å². The lowest BCUT2D eigenvalue weighted by molar-refractivity contribution is 0.0934. The Morgan fingerprint density at radius 3 is 2.35 bits per heavy atom. The summed E-state index contributed by atoms with van der Waals surface area (Å²) in [6, 6.07) is 11.5. The summed E-state index contributed by atoms with van der Waals surface area (Å²) in [7, 11) is -3.24. The van der Waals surface area contributed by atoms with Gasteiger partial charge in [0, 0.05) is 11.8 Å². The van der Waals surface area contributed by atoms with Crippen molar-refractivity contribution in [2.75, 3.05) is 19.5 Å². The van der Waals surface area contributed by atoms with Crippen molar-refractivity contribution in [2.24, 2.45) is 0 Å². The minimum Gasteiger partial charge on any atom is -0.486 e. The molecule has 0 radical (unpaired) electrons. The third-order valence-electron chi connectivity index (χ3n) is 4.23. The normalized spacial score (nSPS) is 14.5. The molecule has 1 N–H and O–H groups in total. The standard InChI is InChI=1S/C19H21NO5S/c1-3-16(13-4-7-15(8-5-13)26(2,22)23)20-19(21)14-6-9-17-18(12-14)25-11-10-24-17/h4-9,12,16H,3,10-11H2,1-2H3,(H,20,21). The molecular weight excluding hydrogens is 354 g/mol. The number of sulfone groups is 1. The number of benzene rings is 2. The summed E-state index contributed by atoms with van der Waals surface area (Å²) < 4.78 is 34.1. The number of amides is 1. The number of carbonyl (C=O) groups is 1. The fourth-order valence-corrected chi connectivity index (χ4v) is 3.43. The minimum absolute atomic E-state index is 0.218. The molecule has 0 saturated heterocycles. The molecule has 26 heavy (non-hydrogen) atoms. The van der Waals surface area contributed by atoms with Crippen LogP contribution in [0.15, 0.2) is 47.4 Å². The molecule has 0 spiro atoms. The zero-order chi connectivity index (χ0) is 18.7. The Bertz CT molecular complexity index is 906. The van der Waals surface area contributed by atoms with Gasteiger partial charge in [0.05, 0.1) is 10.9 Å². The monoisotopic (exact) mass is 375 g/mol. The van der Waals surface area contributed by atoms with Crippen LogP contribution >= 0.6 is 0 Å². The van der Waals surface area contributed by atoms with E-state index in [0.29, 0.717) is 36.7 Å². The molecule has 1 heterocycles. The quantitative estimate of drug-likeness (QED) is 0.869. The summed E-state index contributed by atoms with van der Waals surface area (Å²) in [4.78, 5) is 12.9. The first-order valence-corrected chi connectivity index (χ1v) is 10.3. The van der Waals surface area contributed by atoms with E-state index in [-0.39, 0.29) is 16.8 Å². The van der Waals surface area contributed by atoms with Crippen LogP contribution in [0.3, 0.4) is 0 Å². The van der Waals surface area contributed by atoms with Crippen molar-refractivity contribution in [1.82, 2.24) is 5.32 Å². The average Bonchev–Trinajstić information content (AvgIpc) is 2.65. The Morgan fingerprint density at radius 1 is 1.08 bits per heavy atom. The van der Waals surface area contributed by atoms with Gasteiger partial charge in [-0.1, -0.05) is 19.1 Å². The SMILES string of the molecule is CCC(NC(=O)c1ccc2c(c1)OCCO2)c1ccc(S(C)(=O)=O)cc1. The van der Waals surface area contributed by atoms with Crippen molar-refractivity contribution >= 4 is 15.7 Å². The third kappa shape index (κ3) is 3.99. The van der Waals surface area contributed by atoms with Gasteiger partial charge >= 0.3 is 0 Å². The van der Waals surface area contributed by atoms with Gasteiger partial charge in [0.15, 0.2) is 21.3 Å². The first kappa shape index (κ1) is 18.3. The average molecular weight is 375 g/mol. The molecule has 3 rings (SSSR count). The summed E-state index contributed by atoms with van der Waals surface area (Å²) in [5, 5.41) is 2.98. The number of hydrogen-bond donors (Lipinski definition) is 1. The Labute approximate surface area is 153 Å². The van der Waals surface area contributed by atoms with Crippen LogP contribution in [0.2, 0.25) is 0 Å². The molecule has 138 valence electrons. The van der Waals surface area contributed by atoms with Crippen LogP contribution in [0, 0.1) is 0 Å². The minimum atomic E-state index is -3.24. The number of fused-ring (bicyclic) bond motifs is 1. The van der Waals surface area contributed by atoms with E-state index < -0.39 is 9.84 Å². The topological polar surface area (TPSA) is 81.7 Å². The molecule has 7 heteroatoms. The largest absolute Gasteiger partial charge is 0.486 e. The second kappa shape index (κ2) is 7.37. The molecule has 1 unspecified atom stereocenters. The zero-order valence-corrected chi connectivity index (χ0v) is 15.5. The van der Waals surface area contributed by atoms with Gasteiger partial charge in [-0.05, 0) is 42.3 Å². The molecule has 1 amide bonds. The number of hydrogen-bond acceptors (Lipinski definition) is 5. The Kier molecular flexibility index (Phi) is 5.18. The smallest absolute Gasteiger partial charge is 0.251 e. The highest BCUT2D eigenvalue weighted by Gasteiger charge is 2.18. The van der Waals surface area contributed by atoms with Crippen LogP contribution in [0.1, 0.15) is 35.3 Å².